The summed E-state index contributed by atoms with van der Waals surface area (Å²) in [6.45, 7) is 6.49. The molecule has 0 aliphatic heterocycles. The van der Waals surface area contributed by atoms with Crippen LogP contribution in [0, 0.1) is 5.92 Å². The van der Waals surface area contributed by atoms with Gasteiger partial charge in [-0.05, 0) is 12.3 Å². The SMILES string of the molecule is CC(C)C[C@H](C)SC(=O)c1ccccc1. The van der Waals surface area contributed by atoms with Crippen LogP contribution in [0.1, 0.15) is 37.6 Å². The topological polar surface area (TPSA) is 17.1 Å². The Morgan fingerprint density at radius 3 is 2.33 bits per heavy atom. The van der Waals surface area contributed by atoms with Crippen molar-refractivity contribution in [1.29, 1.82) is 0 Å². The molecule has 0 saturated heterocycles. The summed E-state index contributed by atoms with van der Waals surface area (Å²) in [5, 5.41) is 0.585. The van der Waals surface area contributed by atoms with Crippen LogP contribution in [0.25, 0.3) is 0 Å². The van der Waals surface area contributed by atoms with Crippen molar-refractivity contribution in [3.8, 4) is 0 Å². The quantitative estimate of drug-likeness (QED) is 0.766. The van der Waals surface area contributed by atoms with Gasteiger partial charge in [-0.2, -0.15) is 0 Å². The van der Waals surface area contributed by atoms with E-state index in [0.29, 0.717) is 11.2 Å². The highest BCUT2D eigenvalue weighted by atomic mass is 32.2. The van der Waals surface area contributed by atoms with Gasteiger partial charge in [0.25, 0.3) is 0 Å². The van der Waals surface area contributed by atoms with Crippen molar-refractivity contribution < 1.29 is 4.79 Å². The average Bonchev–Trinajstić information content (AvgIpc) is 2.17. The molecule has 15 heavy (non-hydrogen) atoms. The highest BCUT2D eigenvalue weighted by Gasteiger charge is 2.12. The molecular weight excluding hydrogens is 204 g/mol. The molecule has 0 aromatic heterocycles. The lowest BCUT2D eigenvalue weighted by Gasteiger charge is -2.12. The third kappa shape index (κ3) is 4.52. The second-order valence-corrected chi connectivity index (χ2v) is 5.62. The van der Waals surface area contributed by atoms with Crippen molar-refractivity contribution in [3.63, 3.8) is 0 Å². The molecule has 0 bridgehead atoms. The molecule has 1 aromatic carbocycles. The van der Waals surface area contributed by atoms with Crippen molar-refractivity contribution in [1.82, 2.24) is 0 Å². The van der Waals surface area contributed by atoms with Crippen LogP contribution in [0.2, 0.25) is 0 Å². The zero-order chi connectivity index (χ0) is 11.3. The molecule has 1 atom stereocenters. The van der Waals surface area contributed by atoms with Crippen LogP contribution in [-0.2, 0) is 0 Å². The van der Waals surface area contributed by atoms with Crippen LogP contribution in [0.15, 0.2) is 30.3 Å². The fourth-order valence-corrected chi connectivity index (χ4v) is 2.66. The van der Waals surface area contributed by atoms with E-state index in [1.54, 1.807) is 0 Å². The fourth-order valence-electron chi connectivity index (χ4n) is 1.54. The summed E-state index contributed by atoms with van der Waals surface area (Å²) >= 11 is 1.44. The summed E-state index contributed by atoms with van der Waals surface area (Å²) in [5.41, 5.74) is 0.804. The summed E-state index contributed by atoms with van der Waals surface area (Å²) in [7, 11) is 0. The largest absolute Gasteiger partial charge is 0.282 e. The van der Waals surface area contributed by atoms with E-state index >= 15 is 0 Å². The molecule has 0 fully saturated rings. The van der Waals surface area contributed by atoms with E-state index in [2.05, 4.69) is 20.8 Å². The van der Waals surface area contributed by atoms with Gasteiger partial charge in [-0.15, -0.1) is 0 Å². The maximum absolute atomic E-state index is 11.8. The van der Waals surface area contributed by atoms with E-state index in [9.17, 15) is 4.79 Å². The van der Waals surface area contributed by atoms with E-state index in [1.165, 1.54) is 11.8 Å². The van der Waals surface area contributed by atoms with E-state index in [1.807, 2.05) is 30.3 Å². The number of benzene rings is 1. The summed E-state index contributed by atoms with van der Waals surface area (Å²) in [6.07, 6.45) is 1.09. The molecule has 0 spiro atoms. The second kappa shape index (κ2) is 5.96. The van der Waals surface area contributed by atoms with E-state index in [-0.39, 0.29) is 5.12 Å². The lowest BCUT2D eigenvalue weighted by Crippen LogP contribution is -2.06. The lowest BCUT2D eigenvalue weighted by molar-refractivity contribution is 0.108. The molecule has 0 aliphatic rings. The second-order valence-electron chi connectivity index (χ2n) is 4.21. The molecule has 0 N–H and O–H groups in total. The highest BCUT2D eigenvalue weighted by molar-refractivity contribution is 8.14. The summed E-state index contributed by atoms with van der Waals surface area (Å²) in [4.78, 5) is 11.8. The first-order chi connectivity index (χ1) is 7.09. The number of hydrogen-bond acceptors (Lipinski definition) is 2. The van der Waals surface area contributed by atoms with Gasteiger partial charge < -0.3 is 0 Å². The Morgan fingerprint density at radius 1 is 1.20 bits per heavy atom. The maximum Gasteiger partial charge on any atom is 0.219 e. The Labute approximate surface area is 96.3 Å². The molecule has 0 unspecified atom stereocenters. The number of carbonyl (C=O) groups is 1. The minimum atomic E-state index is 0.184. The summed E-state index contributed by atoms with van der Waals surface area (Å²) < 4.78 is 0. The van der Waals surface area contributed by atoms with E-state index < -0.39 is 0 Å². The van der Waals surface area contributed by atoms with Crippen LogP contribution in [-0.4, -0.2) is 10.4 Å². The van der Waals surface area contributed by atoms with Crippen molar-refractivity contribution in [2.75, 3.05) is 0 Å². The van der Waals surface area contributed by atoms with E-state index in [0.717, 1.165) is 12.0 Å². The third-order valence-corrected chi connectivity index (χ3v) is 3.17. The predicted molar refractivity (Wildman–Crippen MR) is 67.3 cm³/mol. The predicted octanol–water partition coefficient (Wildman–Crippen LogP) is 3.99. The normalized spacial score (nSPS) is 12.8. The van der Waals surface area contributed by atoms with Gasteiger partial charge in [-0.1, -0.05) is 62.9 Å². The Bertz CT molecular complexity index is 306. The molecule has 0 amide bonds. The third-order valence-electron chi connectivity index (χ3n) is 2.12. The zero-order valence-electron chi connectivity index (χ0n) is 9.57. The van der Waals surface area contributed by atoms with Gasteiger partial charge in [-0.25, -0.2) is 0 Å². The maximum atomic E-state index is 11.8. The van der Waals surface area contributed by atoms with Gasteiger partial charge >= 0.3 is 0 Å². The Kier molecular flexibility index (Phi) is 4.89. The van der Waals surface area contributed by atoms with Crippen molar-refractivity contribution in [3.05, 3.63) is 35.9 Å². The lowest BCUT2D eigenvalue weighted by atomic mass is 10.1. The molecule has 1 nitrogen and oxygen atoms in total. The molecule has 82 valence electrons. The fraction of sp³-hybridized carbons (Fsp3) is 0.462. The smallest absolute Gasteiger partial charge is 0.219 e. The molecule has 2 heteroatoms. The molecule has 0 saturated carbocycles. The van der Waals surface area contributed by atoms with Crippen molar-refractivity contribution in [2.45, 2.75) is 32.4 Å². The van der Waals surface area contributed by atoms with Gasteiger partial charge in [-0.3, -0.25) is 4.79 Å². The van der Waals surface area contributed by atoms with E-state index in [4.69, 9.17) is 0 Å². The van der Waals surface area contributed by atoms with Gasteiger partial charge in [0.2, 0.25) is 5.12 Å². The van der Waals surface area contributed by atoms with Gasteiger partial charge in [0.1, 0.15) is 0 Å². The van der Waals surface area contributed by atoms with Crippen molar-refractivity contribution in [2.24, 2.45) is 5.92 Å². The zero-order valence-corrected chi connectivity index (χ0v) is 10.4. The highest BCUT2D eigenvalue weighted by Crippen LogP contribution is 2.22. The molecule has 0 aliphatic carbocycles. The molecular formula is C13H18OS. The number of rotatable bonds is 4. The number of hydrogen-bond donors (Lipinski definition) is 0. The Hall–Kier alpha value is -0.760. The standard InChI is InChI=1S/C13H18OS/c1-10(2)9-11(3)15-13(14)12-7-5-4-6-8-12/h4-8,10-11H,9H2,1-3H3/t11-/m0/s1. The number of thioether (sulfide) groups is 1. The number of carbonyl (C=O) groups excluding carboxylic acids is 1. The first kappa shape index (κ1) is 12.3. The Morgan fingerprint density at radius 2 is 1.80 bits per heavy atom. The monoisotopic (exact) mass is 222 g/mol. The summed E-state index contributed by atoms with van der Waals surface area (Å²) in [5.74, 6) is 0.649. The average molecular weight is 222 g/mol. The van der Waals surface area contributed by atoms with Gasteiger partial charge in [0.15, 0.2) is 0 Å². The molecule has 0 heterocycles. The molecule has 1 aromatic rings. The van der Waals surface area contributed by atoms with Gasteiger partial charge in [0.05, 0.1) is 0 Å². The first-order valence-corrected chi connectivity index (χ1v) is 6.23. The van der Waals surface area contributed by atoms with Crippen LogP contribution in [0.4, 0.5) is 0 Å². The van der Waals surface area contributed by atoms with Crippen LogP contribution in [0.5, 0.6) is 0 Å². The van der Waals surface area contributed by atoms with Crippen LogP contribution < -0.4 is 0 Å². The van der Waals surface area contributed by atoms with Gasteiger partial charge in [0, 0.05) is 10.8 Å². The molecule has 0 radical (unpaired) electrons. The van der Waals surface area contributed by atoms with Crippen LogP contribution in [0.3, 0.4) is 0 Å². The minimum absolute atomic E-state index is 0.184. The van der Waals surface area contributed by atoms with Crippen LogP contribution >= 0.6 is 11.8 Å². The summed E-state index contributed by atoms with van der Waals surface area (Å²) in [6, 6.07) is 9.48. The molecule has 1 rings (SSSR count). The first-order valence-electron chi connectivity index (χ1n) is 5.35. The Balaban J connectivity index is 2.49. The minimum Gasteiger partial charge on any atom is -0.282 e. The van der Waals surface area contributed by atoms with Crippen molar-refractivity contribution >= 4 is 16.9 Å².